The second-order valence-corrected chi connectivity index (χ2v) is 13.0. The summed E-state index contributed by atoms with van der Waals surface area (Å²) >= 11 is 1.79. The first-order valence-corrected chi connectivity index (χ1v) is 15.6. The Bertz CT molecular complexity index is 2210. The van der Waals surface area contributed by atoms with Crippen molar-refractivity contribution >= 4 is 39.2 Å². The largest absolute Gasteiger partial charge is 0.310 e. The smallest absolute Gasteiger partial charge is 0.124 e. The second kappa shape index (κ2) is 9.00. The Balaban J connectivity index is 1.25. The first-order chi connectivity index (χ1) is 21.1. The molecule has 0 atom stereocenters. The van der Waals surface area contributed by atoms with Gasteiger partial charge in [0.1, 0.15) is 5.01 Å². The standard InChI is InChI=1S/C40H28N2S/c1-40(2)34-19-10-9-17-30(34)31-21-20-28(24-35(31)40)42(27-15-7-4-8-16-27)29-22-26-14-11-18-32-36(26)33(23-29)37-38(32)43-39(41-37)25-12-5-3-6-13-25/h3-24H,1-2H3. The number of aromatic nitrogens is 1. The van der Waals surface area contributed by atoms with Crippen molar-refractivity contribution in [2.45, 2.75) is 19.3 Å². The average molecular weight is 569 g/mol. The van der Waals surface area contributed by atoms with E-state index in [1.807, 2.05) is 0 Å². The molecule has 43 heavy (non-hydrogen) atoms. The summed E-state index contributed by atoms with van der Waals surface area (Å²) in [7, 11) is 0. The van der Waals surface area contributed by atoms with Gasteiger partial charge in [-0.25, -0.2) is 4.98 Å². The maximum absolute atomic E-state index is 5.24. The van der Waals surface area contributed by atoms with E-state index in [1.165, 1.54) is 54.6 Å². The highest BCUT2D eigenvalue weighted by Gasteiger charge is 2.36. The normalized spacial score (nSPS) is 13.5. The van der Waals surface area contributed by atoms with Crippen molar-refractivity contribution in [3.63, 3.8) is 0 Å². The fraction of sp³-hybridized carbons (Fsp3) is 0.0750. The van der Waals surface area contributed by atoms with E-state index in [0.29, 0.717) is 0 Å². The van der Waals surface area contributed by atoms with Gasteiger partial charge < -0.3 is 4.90 Å². The van der Waals surface area contributed by atoms with Gasteiger partial charge in [0, 0.05) is 39.2 Å². The van der Waals surface area contributed by atoms with Crippen LogP contribution in [-0.2, 0) is 5.41 Å². The van der Waals surface area contributed by atoms with Crippen LogP contribution in [0.15, 0.2) is 133 Å². The molecule has 0 aliphatic heterocycles. The van der Waals surface area contributed by atoms with Gasteiger partial charge >= 0.3 is 0 Å². The zero-order valence-corrected chi connectivity index (χ0v) is 24.8. The van der Waals surface area contributed by atoms with Crippen molar-refractivity contribution < 1.29 is 0 Å². The molecule has 0 saturated heterocycles. The maximum Gasteiger partial charge on any atom is 0.124 e. The zero-order chi connectivity index (χ0) is 28.7. The van der Waals surface area contributed by atoms with E-state index in [2.05, 4.69) is 152 Å². The first kappa shape index (κ1) is 24.6. The van der Waals surface area contributed by atoms with E-state index in [4.69, 9.17) is 4.98 Å². The van der Waals surface area contributed by atoms with Crippen LogP contribution in [0.5, 0.6) is 0 Å². The molecule has 2 aliphatic carbocycles. The van der Waals surface area contributed by atoms with Gasteiger partial charge in [-0.15, -0.1) is 11.3 Å². The Hall–Kier alpha value is -4.99. The third kappa shape index (κ3) is 3.55. The number of anilines is 3. The molecule has 9 rings (SSSR count). The van der Waals surface area contributed by atoms with Crippen molar-refractivity contribution in [1.82, 2.24) is 4.98 Å². The summed E-state index contributed by atoms with van der Waals surface area (Å²) < 4.78 is 0. The number of hydrogen-bond donors (Lipinski definition) is 0. The summed E-state index contributed by atoms with van der Waals surface area (Å²) in [6, 6.07) is 48.5. The highest BCUT2D eigenvalue weighted by Crippen LogP contribution is 2.54. The van der Waals surface area contributed by atoms with Gasteiger partial charge in [-0.3, -0.25) is 0 Å². The Morgan fingerprint density at radius 1 is 0.558 bits per heavy atom. The van der Waals surface area contributed by atoms with E-state index in [-0.39, 0.29) is 5.41 Å². The average Bonchev–Trinajstić information content (AvgIpc) is 3.68. The molecule has 1 aromatic heterocycles. The van der Waals surface area contributed by atoms with Crippen LogP contribution in [0.3, 0.4) is 0 Å². The Kier molecular flexibility index (Phi) is 5.15. The fourth-order valence-corrected chi connectivity index (χ4v) is 8.28. The fourth-order valence-electron chi connectivity index (χ4n) is 7.16. The van der Waals surface area contributed by atoms with Gasteiger partial charge in [-0.2, -0.15) is 0 Å². The number of para-hydroxylation sites is 1. The summed E-state index contributed by atoms with van der Waals surface area (Å²) in [5.41, 5.74) is 13.6. The Morgan fingerprint density at radius 3 is 2.12 bits per heavy atom. The van der Waals surface area contributed by atoms with Crippen LogP contribution in [0.25, 0.3) is 54.2 Å². The van der Waals surface area contributed by atoms with Crippen molar-refractivity contribution in [2.24, 2.45) is 0 Å². The van der Waals surface area contributed by atoms with Gasteiger partial charge in [0.05, 0.1) is 10.6 Å². The molecule has 0 fully saturated rings. The highest BCUT2D eigenvalue weighted by molar-refractivity contribution is 7.19. The van der Waals surface area contributed by atoms with E-state index in [9.17, 15) is 0 Å². The molecular formula is C40H28N2S. The monoisotopic (exact) mass is 568 g/mol. The molecule has 1 heterocycles. The van der Waals surface area contributed by atoms with Crippen LogP contribution in [0.2, 0.25) is 0 Å². The van der Waals surface area contributed by atoms with E-state index < -0.39 is 0 Å². The van der Waals surface area contributed by atoms with Gasteiger partial charge in [0.2, 0.25) is 0 Å². The number of hydrogen-bond acceptors (Lipinski definition) is 3. The molecule has 204 valence electrons. The molecule has 0 N–H and O–H groups in total. The van der Waals surface area contributed by atoms with Crippen LogP contribution in [0.4, 0.5) is 17.1 Å². The third-order valence-electron chi connectivity index (χ3n) is 9.21. The number of benzene rings is 6. The number of thiazole rings is 1. The lowest BCUT2D eigenvalue weighted by molar-refractivity contribution is 0.660. The lowest BCUT2D eigenvalue weighted by Gasteiger charge is -2.28. The molecular weight excluding hydrogens is 541 g/mol. The molecule has 7 aromatic rings. The van der Waals surface area contributed by atoms with Crippen LogP contribution >= 0.6 is 11.3 Å². The highest BCUT2D eigenvalue weighted by atomic mass is 32.1. The predicted molar refractivity (Wildman–Crippen MR) is 182 cm³/mol. The van der Waals surface area contributed by atoms with Gasteiger partial charge in [-0.1, -0.05) is 111 Å². The van der Waals surface area contributed by atoms with Crippen molar-refractivity contribution in [1.29, 1.82) is 0 Å². The number of rotatable bonds is 4. The van der Waals surface area contributed by atoms with Crippen LogP contribution in [-0.4, -0.2) is 4.98 Å². The van der Waals surface area contributed by atoms with Gasteiger partial charge in [-0.05, 0) is 69.4 Å². The quantitative estimate of drug-likeness (QED) is 0.210. The van der Waals surface area contributed by atoms with E-state index in [1.54, 1.807) is 11.3 Å². The molecule has 0 bridgehead atoms. The summed E-state index contributed by atoms with van der Waals surface area (Å²) in [5, 5.41) is 3.61. The summed E-state index contributed by atoms with van der Waals surface area (Å²) in [4.78, 5) is 8.91. The third-order valence-corrected chi connectivity index (χ3v) is 10.3. The van der Waals surface area contributed by atoms with Gasteiger partial charge in [0.15, 0.2) is 0 Å². The minimum Gasteiger partial charge on any atom is -0.310 e. The maximum atomic E-state index is 5.24. The predicted octanol–water partition coefficient (Wildman–Crippen LogP) is 11.4. The molecule has 2 aliphatic rings. The van der Waals surface area contributed by atoms with Gasteiger partial charge in [0.25, 0.3) is 0 Å². The first-order valence-electron chi connectivity index (χ1n) is 14.8. The minimum atomic E-state index is -0.0694. The molecule has 0 amide bonds. The van der Waals surface area contributed by atoms with Crippen LogP contribution < -0.4 is 4.90 Å². The van der Waals surface area contributed by atoms with E-state index in [0.717, 1.165) is 27.8 Å². The molecule has 6 aromatic carbocycles. The molecule has 0 radical (unpaired) electrons. The summed E-state index contributed by atoms with van der Waals surface area (Å²) in [6.45, 7) is 4.70. The van der Waals surface area contributed by atoms with Crippen molar-refractivity contribution in [2.75, 3.05) is 4.90 Å². The molecule has 0 saturated carbocycles. The van der Waals surface area contributed by atoms with E-state index >= 15 is 0 Å². The SMILES string of the molecule is CC1(C)c2ccccc2-c2ccc(N(c3ccccc3)c3cc4c5c(cccc5c3)-c3sc(-c5ccccc5)nc3-4)cc21. The van der Waals surface area contributed by atoms with Crippen LogP contribution in [0.1, 0.15) is 25.0 Å². The summed E-state index contributed by atoms with van der Waals surface area (Å²) in [5.74, 6) is 0. The Morgan fingerprint density at radius 2 is 1.28 bits per heavy atom. The number of fused-ring (bicyclic) bond motifs is 6. The molecule has 3 heteroatoms. The van der Waals surface area contributed by atoms with Crippen LogP contribution in [0, 0.1) is 0 Å². The molecule has 2 nitrogen and oxygen atoms in total. The molecule has 0 spiro atoms. The lowest BCUT2D eigenvalue weighted by Crippen LogP contribution is -2.16. The second-order valence-electron chi connectivity index (χ2n) is 12.0. The Labute approximate surface area is 255 Å². The molecule has 0 unspecified atom stereocenters. The number of nitrogens with zero attached hydrogens (tertiary/aromatic N) is 2. The van der Waals surface area contributed by atoms with Crippen molar-refractivity contribution in [3.05, 3.63) is 145 Å². The zero-order valence-electron chi connectivity index (χ0n) is 24.0. The minimum absolute atomic E-state index is 0.0694. The summed E-state index contributed by atoms with van der Waals surface area (Å²) in [6.07, 6.45) is 0. The lowest BCUT2D eigenvalue weighted by atomic mass is 9.82. The van der Waals surface area contributed by atoms with Crippen molar-refractivity contribution in [3.8, 4) is 43.4 Å². The topological polar surface area (TPSA) is 16.1 Å².